The number of rotatable bonds is 7. The van der Waals surface area contributed by atoms with Gasteiger partial charge in [0.05, 0.1) is 0 Å². The molecule has 1 rings (SSSR count). The number of urea groups is 1. The quantitative estimate of drug-likeness (QED) is 0.732. The minimum absolute atomic E-state index is 0.273. The van der Waals surface area contributed by atoms with Gasteiger partial charge in [-0.3, -0.25) is 0 Å². The number of carboxylic acids is 1. The number of nitrogens with zero attached hydrogens (tertiary/aromatic N) is 1. The second-order valence-electron chi connectivity index (χ2n) is 5.15. The summed E-state index contributed by atoms with van der Waals surface area (Å²) in [5.74, 6) is -0.474. The standard InChI is InChI=1S/C13H24N2O4/c1-15(9-10-5-3-4-6-10)13(18)14-11(12(16)17)7-8-19-2/h10-11H,3-9H2,1-2H3,(H,14,18)(H,16,17). The van der Waals surface area contributed by atoms with E-state index >= 15 is 0 Å². The Kier molecular flexibility index (Phi) is 6.62. The third kappa shape index (κ3) is 5.46. The van der Waals surface area contributed by atoms with Crippen LogP contribution in [0.25, 0.3) is 0 Å². The Hall–Kier alpha value is -1.30. The lowest BCUT2D eigenvalue weighted by molar-refractivity contribution is -0.139. The second kappa shape index (κ2) is 7.99. The number of amides is 2. The number of nitrogens with one attached hydrogen (secondary N) is 1. The zero-order valence-electron chi connectivity index (χ0n) is 11.7. The highest BCUT2D eigenvalue weighted by atomic mass is 16.5. The van der Waals surface area contributed by atoms with Crippen LogP contribution in [0.15, 0.2) is 0 Å². The molecule has 0 heterocycles. The van der Waals surface area contributed by atoms with E-state index in [0.717, 1.165) is 12.8 Å². The molecule has 19 heavy (non-hydrogen) atoms. The maximum absolute atomic E-state index is 11.9. The SMILES string of the molecule is COCCC(NC(=O)N(C)CC1CCCC1)C(=O)O. The first-order chi connectivity index (χ1) is 9.04. The highest BCUT2D eigenvalue weighted by molar-refractivity contribution is 5.82. The molecular formula is C13H24N2O4. The fraction of sp³-hybridized carbons (Fsp3) is 0.846. The second-order valence-corrected chi connectivity index (χ2v) is 5.15. The van der Waals surface area contributed by atoms with Gasteiger partial charge in [-0.25, -0.2) is 9.59 Å². The Balaban J connectivity index is 2.38. The highest BCUT2D eigenvalue weighted by Gasteiger charge is 2.23. The van der Waals surface area contributed by atoms with Gasteiger partial charge in [0.25, 0.3) is 0 Å². The summed E-state index contributed by atoms with van der Waals surface area (Å²) >= 11 is 0. The van der Waals surface area contributed by atoms with E-state index in [1.54, 1.807) is 11.9 Å². The number of hydrogen-bond donors (Lipinski definition) is 2. The fourth-order valence-electron chi connectivity index (χ4n) is 2.42. The third-order valence-electron chi connectivity index (χ3n) is 3.56. The summed E-state index contributed by atoms with van der Waals surface area (Å²) in [6.07, 6.45) is 5.04. The third-order valence-corrected chi connectivity index (χ3v) is 3.56. The number of ether oxygens (including phenoxy) is 1. The topological polar surface area (TPSA) is 78.9 Å². The van der Waals surface area contributed by atoms with Crippen molar-refractivity contribution < 1.29 is 19.4 Å². The van der Waals surface area contributed by atoms with Crippen LogP contribution in [-0.4, -0.2) is 55.4 Å². The summed E-state index contributed by atoms with van der Waals surface area (Å²) < 4.78 is 4.84. The van der Waals surface area contributed by atoms with Crippen molar-refractivity contribution in [2.75, 3.05) is 27.3 Å². The van der Waals surface area contributed by atoms with Crippen LogP contribution in [0.4, 0.5) is 4.79 Å². The lowest BCUT2D eigenvalue weighted by Gasteiger charge is -2.23. The Morgan fingerprint density at radius 2 is 2.05 bits per heavy atom. The predicted molar refractivity (Wildman–Crippen MR) is 71.0 cm³/mol. The lowest BCUT2D eigenvalue weighted by Crippen LogP contribution is -2.48. The van der Waals surface area contributed by atoms with E-state index in [-0.39, 0.29) is 12.5 Å². The molecule has 1 aliphatic rings. The average molecular weight is 272 g/mol. The van der Waals surface area contributed by atoms with Gasteiger partial charge in [0, 0.05) is 33.7 Å². The van der Waals surface area contributed by atoms with Crippen molar-refractivity contribution >= 4 is 12.0 Å². The number of methoxy groups -OCH3 is 1. The smallest absolute Gasteiger partial charge is 0.326 e. The molecule has 0 radical (unpaired) electrons. The van der Waals surface area contributed by atoms with E-state index in [2.05, 4.69) is 5.32 Å². The first-order valence-corrected chi connectivity index (χ1v) is 6.78. The number of carbonyl (C=O) groups is 2. The van der Waals surface area contributed by atoms with Crippen molar-refractivity contribution in [3.8, 4) is 0 Å². The van der Waals surface area contributed by atoms with Gasteiger partial charge in [-0.15, -0.1) is 0 Å². The first-order valence-electron chi connectivity index (χ1n) is 6.78. The van der Waals surface area contributed by atoms with E-state index in [0.29, 0.717) is 19.1 Å². The first kappa shape index (κ1) is 15.8. The van der Waals surface area contributed by atoms with Crippen LogP contribution < -0.4 is 5.32 Å². The molecule has 2 amide bonds. The summed E-state index contributed by atoms with van der Waals surface area (Å²) in [4.78, 5) is 24.5. The zero-order chi connectivity index (χ0) is 14.3. The lowest BCUT2D eigenvalue weighted by atomic mass is 10.1. The van der Waals surface area contributed by atoms with E-state index in [1.165, 1.54) is 20.0 Å². The molecule has 0 spiro atoms. The number of hydrogen-bond acceptors (Lipinski definition) is 3. The van der Waals surface area contributed by atoms with Gasteiger partial charge in [0.15, 0.2) is 0 Å². The molecule has 1 saturated carbocycles. The molecule has 0 saturated heterocycles. The van der Waals surface area contributed by atoms with Gasteiger partial charge in [-0.2, -0.15) is 0 Å². The summed E-state index contributed by atoms with van der Waals surface area (Å²) in [6, 6.07) is -1.21. The summed E-state index contributed by atoms with van der Waals surface area (Å²) in [7, 11) is 3.22. The summed E-state index contributed by atoms with van der Waals surface area (Å²) in [5, 5.41) is 11.6. The molecule has 1 aliphatic carbocycles. The maximum atomic E-state index is 11.9. The maximum Gasteiger partial charge on any atom is 0.326 e. The molecule has 2 N–H and O–H groups in total. The van der Waals surface area contributed by atoms with Crippen LogP contribution in [-0.2, 0) is 9.53 Å². The van der Waals surface area contributed by atoms with Crippen LogP contribution in [0.2, 0.25) is 0 Å². The minimum atomic E-state index is -1.03. The van der Waals surface area contributed by atoms with Crippen LogP contribution in [0.5, 0.6) is 0 Å². The number of carbonyl (C=O) groups excluding carboxylic acids is 1. The van der Waals surface area contributed by atoms with Crippen molar-refractivity contribution in [1.29, 1.82) is 0 Å². The van der Waals surface area contributed by atoms with Crippen molar-refractivity contribution in [3.63, 3.8) is 0 Å². The number of aliphatic carboxylic acids is 1. The molecule has 0 bridgehead atoms. The monoisotopic (exact) mass is 272 g/mol. The van der Waals surface area contributed by atoms with Gasteiger partial charge in [0.2, 0.25) is 0 Å². The number of carboxylic acid groups (broad SMARTS) is 1. The van der Waals surface area contributed by atoms with Crippen LogP contribution >= 0.6 is 0 Å². The summed E-state index contributed by atoms with van der Waals surface area (Å²) in [5.41, 5.74) is 0. The normalized spacial score (nSPS) is 17.2. The van der Waals surface area contributed by atoms with E-state index in [4.69, 9.17) is 9.84 Å². The molecule has 1 fully saturated rings. The Labute approximate surface area is 114 Å². The predicted octanol–water partition coefficient (Wildman–Crippen LogP) is 1.31. The molecule has 0 aromatic carbocycles. The molecule has 110 valence electrons. The van der Waals surface area contributed by atoms with E-state index in [1.807, 2.05) is 0 Å². The highest BCUT2D eigenvalue weighted by Crippen LogP contribution is 2.25. The molecule has 6 nitrogen and oxygen atoms in total. The molecule has 1 atom stereocenters. The van der Waals surface area contributed by atoms with Gasteiger partial charge < -0.3 is 20.1 Å². The van der Waals surface area contributed by atoms with Crippen LogP contribution in [0.1, 0.15) is 32.1 Å². The van der Waals surface area contributed by atoms with Crippen LogP contribution in [0, 0.1) is 5.92 Å². The minimum Gasteiger partial charge on any atom is -0.480 e. The van der Waals surface area contributed by atoms with Crippen molar-refractivity contribution in [3.05, 3.63) is 0 Å². The van der Waals surface area contributed by atoms with Gasteiger partial charge in [-0.05, 0) is 18.8 Å². The Bertz CT molecular complexity index is 303. The zero-order valence-corrected chi connectivity index (χ0v) is 11.7. The van der Waals surface area contributed by atoms with E-state index in [9.17, 15) is 9.59 Å². The molecule has 0 aromatic heterocycles. The Morgan fingerprint density at radius 1 is 1.42 bits per heavy atom. The van der Waals surface area contributed by atoms with E-state index < -0.39 is 12.0 Å². The molecule has 0 aliphatic heterocycles. The molecule has 1 unspecified atom stereocenters. The van der Waals surface area contributed by atoms with Gasteiger partial charge in [0.1, 0.15) is 6.04 Å². The average Bonchev–Trinajstić information content (AvgIpc) is 2.86. The Morgan fingerprint density at radius 3 is 2.58 bits per heavy atom. The van der Waals surface area contributed by atoms with Gasteiger partial charge in [-0.1, -0.05) is 12.8 Å². The van der Waals surface area contributed by atoms with Crippen LogP contribution in [0.3, 0.4) is 0 Å². The van der Waals surface area contributed by atoms with Crippen molar-refractivity contribution in [2.45, 2.75) is 38.1 Å². The van der Waals surface area contributed by atoms with Crippen molar-refractivity contribution in [1.82, 2.24) is 10.2 Å². The van der Waals surface area contributed by atoms with Crippen molar-refractivity contribution in [2.24, 2.45) is 5.92 Å². The molecule has 6 heteroatoms. The largest absolute Gasteiger partial charge is 0.480 e. The fourth-order valence-corrected chi connectivity index (χ4v) is 2.42. The van der Waals surface area contributed by atoms with Gasteiger partial charge >= 0.3 is 12.0 Å². The molecular weight excluding hydrogens is 248 g/mol. The molecule has 0 aromatic rings. The summed E-state index contributed by atoms with van der Waals surface area (Å²) in [6.45, 7) is 1.01.